The molecule has 152 valence electrons. The zero-order valence-corrected chi connectivity index (χ0v) is 16.6. The Kier molecular flexibility index (Phi) is 10.3. The molecule has 0 bridgehead atoms. The van der Waals surface area contributed by atoms with Gasteiger partial charge >= 0.3 is 6.09 Å². The molecule has 0 spiro atoms. The summed E-state index contributed by atoms with van der Waals surface area (Å²) in [6.45, 7) is 5.29. The van der Waals surface area contributed by atoms with E-state index in [1.807, 2.05) is 18.2 Å². The third-order valence-corrected chi connectivity index (χ3v) is 4.45. The molecule has 0 aliphatic heterocycles. The second-order valence-corrected chi connectivity index (χ2v) is 6.82. The predicted octanol–water partition coefficient (Wildman–Crippen LogP) is 3.15. The minimum Gasteiger partial charge on any atom is -0.493 e. The summed E-state index contributed by atoms with van der Waals surface area (Å²) in [4.78, 5) is 22.0. The van der Waals surface area contributed by atoms with E-state index in [1.165, 1.54) is 0 Å². The lowest BCUT2D eigenvalue weighted by Crippen LogP contribution is -2.37. The summed E-state index contributed by atoms with van der Waals surface area (Å²) >= 11 is 0. The van der Waals surface area contributed by atoms with Crippen molar-refractivity contribution in [3.63, 3.8) is 0 Å². The summed E-state index contributed by atoms with van der Waals surface area (Å²) in [7, 11) is 3.25. The Bertz CT molecular complexity index is 590. The van der Waals surface area contributed by atoms with E-state index in [0.717, 1.165) is 12.0 Å². The molecule has 1 amide bonds. The van der Waals surface area contributed by atoms with Crippen LogP contribution in [0, 0.1) is 11.8 Å². The summed E-state index contributed by atoms with van der Waals surface area (Å²) in [5.41, 5.74) is 1.05. The van der Waals surface area contributed by atoms with E-state index in [2.05, 4.69) is 19.2 Å². The van der Waals surface area contributed by atoms with E-state index < -0.39 is 12.1 Å². The number of amides is 1. The van der Waals surface area contributed by atoms with E-state index in [-0.39, 0.29) is 11.8 Å². The Morgan fingerprint density at radius 2 is 1.96 bits per heavy atom. The fraction of sp³-hybridized carbons (Fsp3) is 0.600. The van der Waals surface area contributed by atoms with Crippen molar-refractivity contribution in [1.29, 1.82) is 0 Å². The average molecular weight is 381 g/mol. The molecule has 27 heavy (non-hydrogen) atoms. The number of ether oxygens (including phenoxy) is 3. The van der Waals surface area contributed by atoms with E-state index in [9.17, 15) is 9.59 Å². The third-order valence-electron chi connectivity index (χ3n) is 4.45. The number of methoxy groups -OCH3 is 2. The standard InChI is InChI=1S/C20H31NO6/c1-14(2)16(12-17(13-22)21-20(23)24)10-15-6-7-18(26-4)19(11-15)27-9-5-8-25-3/h6-7,11,13-14,16-17,21H,5,8-10,12H2,1-4H3,(H,23,24)/t16-,17+/m1/s1. The van der Waals surface area contributed by atoms with E-state index in [4.69, 9.17) is 19.3 Å². The Labute approximate surface area is 161 Å². The Morgan fingerprint density at radius 1 is 1.22 bits per heavy atom. The third kappa shape index (κ3) is 8.30. The van der Waals surface area contributed by atoms with E-state index in [1.54, 1.807) is 14.2 Å². The number of hydrogen-bond acceptors (Lipinski definition) is 5. The van der Waals surface area contributed by atoms with Crippen LogP contribution in [0.4, 0.5) is 4.79 Å². The SMILES string of the molecule is COCCCOc1cc(C[C@H](C[C@@H](C=O)NC(=O)O)C(C)C)ccc1OC. The second-order valence-electron chi connectivity index (χ2n) is 6.82. The molecular formula is C20H31NO6. The molecule has 7 heteroatoms. The smallest absolute Gasteiger partial charge is 0.405 e. The van der Waals surface area contributed by atoms with Crippen molar-refractivity contribution in [2.45, 2.75) is 39.2 Å². The number of carboxylic acid groups (broad SMARTS) is 1. The summed E-state index contributed by atoms with van der Waals surface area (Å²) < 4.78 is 16.2. The highest BCUT2D eigenvalue weighted by molar-refractivity contribution is 5.71. The molecule has 0 unspecified atom stereocenters. The molecule has 0 aliphatic carbocycles. The Morgan fingerprint density at radius 3 is 2.52 bits per heavy atom. The molecular weight excluding hydrogens is 350 g/mol. The summed E-state index contributed by atoms with van der Waals surface area (Å²) in [5, 5.41) is 11.1. The van der Waals surface area contributed by atoms with Crippen LogP contribution in [0.3, 0.4) is 0 Å². The van der Waals surface area contributed by atoms with Gasteiger partial charge in [0.1, 0.15) is 6.29 Å². The first kappa shape index (κ1) is 22.8. The molecule has 7 nitrogen and oxygen atoms in total. The predicted molar refractivity (Wildman–Crippen MR) is 103 cm³/mol. The van der Waals surface area contributed by atoms with E-state index in [0.29, 0.717) is 43.8 Å². The minimum atomic E-state index is -1.19. The normalized spacial score (nSPS) is 13.1. The lowest BCUT2D eigenvalue weighted by atomic mass is 9.84. The highest BCUT2D eigenvalue weighted by Gasteiger charge is 2.21. The number of rotatable bonds is 13. The fourth-order valence-electron chi connectivity index (χ4n) is 2.87. The maximum atomic E-state index is 11.2. The first-order valence-corrected chi connectivity index (χ1v) is 9.14. The van der Waals surface area contributed by atoms with Crippen LogP contribution in [0.1, 0.15) is 32.3 Å². The Hall–Kier alpha value is -2.28. The van der Waals surface area contributed by atoms with Gasteiger partial charge in [-0.1, -0.05) is 19.9 Å². The average Bonchev–Trinajstić information content (AvgIpc) is 2.63. The molecule has 0 saturated heterocycles. The van der Waals surface area contributed by atoms with Crippen molar-refractivity contribution in [2.75, 3.05) is 27.4 Å². The number of carbonyl (C=O) groups is 2. The summed E-state index contributed by atoms with van der Waals surface area (Å²) in [5.74, 6) is 1.76. The van der Waals surface area contributed by atoms with Gasteiger partial charge in [-0.05, 0) is 42.4 Å². The van der Waals surface area contributed by atoms with E-state index >= 15 is 0 Å². The van der Waals surface area contributed by atoms with Crippen molar-refractivity contribution in [1.82, 2.24) is 5.32 Å². The van der Waals surface area contributed by atoms with Gasteiger partial charge in [0.25, 0.3) is 0 Å². The lowest BCUT2D eigenvalue weighted by molar-refractivity contribution is -0.109. The van der Waals surface area contributed by atoms with Crippen molar-refractivity contribution in [2.24, 2.45) is 11.8 Å². The van der Waals surface area contributed by atoms with Gasteiger partial charge in [0.2, 0.25) is 0 Å². The van der Waals surface area contributed by atoms with Crippen molar-refractivity contribution < 1.29 is 28.9 Å². The number of hydrogen-bond donors (Lipinski definition) is 2. The zero-order chi connectivity index (χ0) is 20.2. The van der Waals surface area contributed by atoms with Gasteiger partial charge in [-0.3, -0.25) is 0 Å². The molecule has 2 atom stereocenters. The van der Waals surface area contributed by atoms with Gasteiger partial charge in [-0.25, -0.2) is 4.79 Å². The summed E-state index contributed by atoms with van der Waals surface area (Å²) in [6, 6.07) is 5.07. The largest absolute Gasteiger partial charge is 0.493 e. The van der Waals surface area contributed by atoms with Crippen LogP contribution < -0.4 is 14.8 Å². The molecule has 0 radical (unpaired) electrons. The number of nitrogens with one attached hydrogen (secondary N) is 1. The lowest BCUT2D eigenvalue weighted by Gasteiger charge is -2.24. The maximum Gasteiger partial charge on any atom is 0.405 e. The van der Waals surface area contributed by atoms with Crippen molar-refractivity contribution in [3.8, 4) is 11.5 Å². The van der Waals surface area contributed by atoms with Crippen LogP contribution in [0.2, 0.25) is 0 Å². The van der Waals surface area contributed by atoms with Crippen LogP contribution in [-0.4, -0.2) is 51.0 Å². The van der Waals surface area contributed by atoms with Gasteiger partial charge in [0, 0.05) is 20.1 Å². The molecule has 1 rings (SSSR count). The summed E-state index contributed by atoms with van der Waals surface area (Å²) in [6.07, 6.45) is 1.40. The van der Waals surface area contributed by atoms with Crippen LogP contribution in [0.5, 0.6) is 11.5 Å². The molecule has 0 aromatic heterocycles. The van der Waals surface area contributed by atoms with Gasteiger partial charge in [0.05, 0.1) is 19.8 Å². The Balaban J connectivity index is 2.85. The zero-order valence-electron chi connectivity index (χ0n) is 16.6. The van der Waals surface area contributed by atoms with Crippen LogP contribution in [0.15, 0.2) is 18.2 Å². The first-order chi connectivity index (χ1) is 12.9. The molecule has 1 aromatic rings. The highest BCUT2D eigenvalue weighted by Crippen LogP contribution is 2.31. The monoisotopic (exact) mass is 381 g/mol. The van der Waals surface area contributed by atoms with Crippen molar-refractivity contribution in [3.05, 3.63) is 23.8 Å². The molecule has 1 aromatic carbocycles. The van der Waals surface area contributed by atoms with Crippen LogP contribution >= 0.6 is 0 Å². The number of carbonyl (C=O) groups excluding carboxylic acids is 1. The minimum absolute atomic E-state index is 0.141. The molecule has 0 fully saturated rings. The number of aldehydes is 1. The van der Waals surface area contributed by atoms with Gasteiger partial charge in [0.15, 0.2) is 11.5 Å². The van der Waals surface area contributed by atoms with Gasteiger partial charge in [-0.15, -0.1) is 0 Å². The van der Waals surface area contributed by atoms with Crippen LogP contribution in [-0.2, 0) is 16.0 Å². The molecule has 0 saturated carbocycles. The maximum absolute atomic E-state index is 11.2. The first-order valence-electron chi connectivity index (χ1n) is 9.14. The van der Waals surface area contributed by atoms with Crippen LogP contribution in [0.25, 0.3) is 0 Å². The number of benzene rings is 1. The quantitative estimate of drug-likeness (QED) is 0.403. The van der Waals surface area contributed by atoms with Gasteiger partial charge < -0.3 is 29.4 Å². The molecule has 0 aliphatic rings. The highest BCUT2D eigenvalue weighted by atomic mass is 16.5. The fourth-order valence-corrected chi connectivity index (χ4v) is 2.87. The molecule has 2 N–H and O–H groups in total. The van der Waals surface area contributed by atoms with Gasteiger partial charge in [-0.2, -0.15) is 0 Å². The van der Waals surface area contributed by atoms with Crippen molar-refractivity contribution >= 4 is 12.4 Å². The second kappa shape index (κ2) is 12.2. The topological polar surface area (TPSA) is 94.1 Å². The molecule has 0 heterocycles.